The molecule has 42 heavy (non-hydrogen) atoms. The molecule has 4 aromatic carbocycles. The van der Waals surface area contributed by atoms with Crippen LogP contribution in [0, 0.1) is 0 Å². The zero-order chi connectivity index (χ0) is 29.8. The number of hydrogen-bond acceptors (Lipinski definition) is 3. The van der Waals surface area contributed by atoms with Gasteiger partial charge in [0, 0.05) is 0 Å². The summed E-state index contributed by atoms with van der Waals surface area (Å²) in [7, 11) is -5.49. The molecule has 1 heterocycles. The summed E-state index contributed by atoms with van der Waals surface area (Å²) in [6.07, 6.45) is 3.39. The minimum absolute atomic E-state index is 0.115. The summed E-state index contributed by atoms with van der Waals surface area (Å²) in [4.78, 5) is 0. The number of rotatable bonds is 9. The van der Waals surface area contributed by atoms with Crippen molar-refractivity contribution in [3.8, 4) is 0 Å². The molecule has 0 amide bonds. The van der Waals surface area contributed by atoms with Crippen molar-refractivity contribution in [1.82, 2.24) is 0 Å². The van der Waals surface area contributed by atoms with E-state index in [-0.39, 0.29) is 22.3 Å². The van der Waals surface area contributed by atoms with Crippen LogP contribution in [0.25, 0.3) is 0 Å². The molecular formula is C37H44O3Si2. The van der Waals surface area contributed by atoms with Crippen LogP contribution in [0.5, 0.6) is 0 Å². The minimum atomic E-state index is -2.77. The predicted molar refractivity (Wildman–Crippen MR) is 180 cm³/mol. The summed E-state index contributed by atoms with van der Waals surface area (Å²) < 4.78 is 21.1. The van der Waals surface area contributed by atoms with Crippen LogP contribution in [0.3, 0.4) is 0 Å². The predicted octanol–water partition coefficient (Wildman–Crippen LogP) is 6.42. The lowest BCUT2D eigenvalue weighted by molar-refractivity contribution is 0.0330. The molecule has 0 aliphatic carbocycles. The quantitative estimate of drug-likeness (QED) is 0.210. The molecule has 0 spiro atoms. The Balaban J connectivity index is 1.54. The topological polar surface area (TPSA) is 27.7 Å². The first kappa shape index (κ1) is 30.2. The van der Waals surface area contributed by atoms with Crippen LogP contribution in [0.2, 0.25) is 10.1 Å². The minimum Gasteiger partial charge on any atom is -0.493 e. The molecule has 0 unspecified atom stereocenters. The third-order valence-electron chi connectivity index (χ3n) is 8.50. The Bertz CT molecular complexity index is 1360. The monoisotopic (exact) mass is 592 g/mol. The second kappa shape index (κ2) is 12.2. The summed E-state index contributed by atoms with van der Waals surface area (Å²) in [5, 5.41) is 4.80. The largest absolute Gasteiger partial charge is 0.493 e. The lowest BCUT2D eigenvalue weighted by Gasteiger charge is -2.46. The molecule has 0 saturated carbocycles. The van der Waals surface area contributed by atoms with E-state index in [1.54, 1.807) is 0 Å². The van der Waals surface area contributed by atoms with Crippen molar-refractivity contribution >= 4 is 37.4 Å². The molecule has 0 aromatic heterocycles. The molecule has 3 nitrogen and oxygen atoms in total. The SMILES string of the molecule is CC(C)(C)[Si](OC[C@H]1OC=C[C@@H]1O[Si](c1ccccc1)(c1ccccc1)C(C)(C)C)(c1ccccc1)c1ccccc1. The summed E-state index contributed by atoms with van der Waals surface area (Å²) in [6, 6.07) is 43.2. The van der Waals surface area contributed by atoms with E-state index in [0.29, 0.717) is 6.61 Å². The van der Waals surface area contributed by atoms with Gasteiger partial charge in [-0.3, -0.25) is 0 Å². The van der Waals surface area contributed by atoms with Crippen LogP contribution < -0.4 is 20.7 Å². The van der Waals surface area contributed by atoms with E-state index in [2.05, 4.69) is 169 Å². The summed E-state index contributed by atoms with van der Waals surface area (Å²) >= 11 is 0. The van der Waals surface area contributed by atoms with Crippen molar-refractivity contribution in [1.29, 1.82) is 0 Å². The number of hydrogen-bond donors (Lipinski definition) is 0. The summed E-state index contributed by atoms with van der Waals surface area (Å²) in [5.41, 5.74) is 0. The molecule has 0 bridgehead atoms. The standard InChI is InChI=1S/C37H44O3Si2/c1-36(2,3)41(30-19-11-7-12-20-30,31-21-13-8-14-22-31)39-29-35-34(27-28-38-35)40-42(37(4,5)6,32-23-15-9-16-24-32)33-25-17-10-18-26-33/h7-28,34-35H,29H2,1-6H3/t34-,35+/m0/s1. The number of ether oxygens (including phenoxy) is 1. The Morgan fingerprint density at radius 3 is 1.26 bits per heavy atom. The Hall–Kier alpha value is -3.23. The van der Waals surface area contributed by atoms with Gasteiger partial charge in [0.05, 0.1) is 12.9 Å². The third-order valence-corrected chi connectivity index (χ3v) is 18.5. The van der Waals surface area contributed by atoms with E-state index >= 15 is 0 Å². The first-order valence-corrected chi connectivity index (χ1v) is 18.8. The van der Waals surface area contributed by atoms with Crippen molar-refractivity contribution in [3.05, 3.63) is 134 Å². The molecule has 0 N–H and O–H groups in total. The highest BCUT2D eigenvalue weighted by Crippen LogP contribution is 2.40. The van der Waals surface area contributed by atoms with E-state index in [4.69, 9.17) is 13.6 Å². The second-order valence-electron chi connectivity index (χ2n) is 13.2. The molecule has 218 valence electrons. The van der Waals surface area contributed by atoms with Gasteiger partial charge in [-0.1, -0.05) is 163 Å². The smallest absolute Gasteiger partial charge is 0.262 e. The van der Waals surface area contributed by atoms with Crippen molar-refractivity contribution in [2.24, 2.45) is 0 Å². The van der Waals surface area contributed by atoms with E-state index in [0.717, 1.165) is 0 Å². The molecule has 5 rings (SSSR count). The Morgan fingerprint density at radius 1 is 0.548 bits per heavy atom. The van der Waals surface area contributed by atoms with Gasteiger partial charge in [-0.25, -0.2) is 0 Å². The van der Waals surface area contributed by atoms with Crippen LogP contribution in [-0.2, 0) is 13.6 Å². The Morgan fingerprint density at radius 2 is 0.905 bits per heavy atom. The van der Waals surface area contributed by atoms with Gasteiger partial charge < -0.3 is 13.6 Å². The molecule has 0 saturated heterocycles. The van der Waals surface area contributed by atoms with Gasteiger partial charge in [-0.05, 0) is 36.9 Å². The van der Waals surface area contributed by atoms with Crippen LogP contribution in [0.4, 0.5) is 0 Å². The highest BCUT2D eigenvalue weighted by Gasteiger charge is 2.54. The van der Waals surface area contributed by atoms with Crippen LogP contribution in [0.15, 0.2) is 134 Å². The lowest BCUT2D eigenvalue weighted by Crippen LogP contribution is -2.69. The second-order valence-corrected chi connectivity index (χ2v) is 21.8. The van der Waals surface area contributed by atoms with Crippen molar-refractivity contribution < 1.29 is 13.6 Å². The van der Waals surface area contributed by atoms with Gasteiger partial charge in [-0.2, -0.15) is 0 Å². The molecule has 0 radical (unpaired) electrons. The fourth-order valence-electron chi connectivity index (χ4n) is 6.54. The Kier molecular flexibility index (Phi) is 8.77. The van der Waals surface area contributed by atoms with Gasteiger partial charge in [0.2, 0.25) is 0 Å². The zero-order valence-electron chi connectivity index (χ0n) is 25.8. The first-order chi connectivity index (χ1) is 20.1. The highest BCUT2D eigenvalue weighted by molar-refractivity contribution is 7.00. The van der Waals surface area contributed by atoms with Crippen molar-refractivity contribution in [2.75, 3.05) is 6.61 Å². The third kappa shape index (κ3) is 5.59. The van der Waals surface area contributed by atoms with Crippen molar-refractivity contribution in [2.45, 2.75) is 63.8 Å². The maximum atomic E-state index is 7.47. The average Bonchev–Trinajstić information content (AvgIpc) is 3.43. The van der Waals surface area contributed by atoms with E-state index in [9.17, 15) is 0 Å². The maximum absolute atomic E-state index is 7.47. The first-order valence-electron chi connectivity index (χ1n) is 15.0. The van der Waals surface area contributed by atoms with Gasteiger partial charge in [0.1, 0.15) is 12.2 Å². The summed E-state index contributed by atoms with van der Waals surface area (Å²) in [5.74, 6) is 0. The lowest BCUT2D eigenvalue weighted by atomic mass is 10.2. The molecule has 1 aliphatic heterocycles. The van der Waals surface area contributed by atoms with E-state index in [1.165, 1.54) is 20.7 Å². The Labute approximate surface area is 254 Å². The molecular weight excluding hydrogens is 549 g/mol. The number of benzene rings is 4. The molecule has 2 atom stereocenters. The molecule has 5 heteroatoms. The highest BCUT2D eigenvalue weighted by atomic mass is 28.4. The van der Waals surface area contributed by atoms with Gasteiger partial charge in [0.15, 0.2) is 0 Å². The fraction of sp³-hybridized carbons (Fsp3) is 0.297. The van der Waals surface area contributed by atoms with Gasteiger partial charge >= 0.3 is 0 Å². The normalized spacial score (nSPS) is 17.7. The fourth-order valence-corrected chi connectivity index (χ4v) is 15.8. The summed E-state index contributed by atoms with van der Waals surface area (Å²) in [6.45, 7) is 14.3. The van der Waals surface area contributed by atoms with Gasteiger partial charge in [0.25, 0.3) is 16.6 Å². The van der Waals surface area contributed by atoms with Gasteiger partial charge in [-0.15, -0.1) is 0 Å². The molecule has 0 fully saturated rings. The van der Waals surface area contributed by atoms with E-state index in [1.807, 2.05) is 6.26 Å². The van der Waals surface area contributed by atoms with Crippen LogP contribution >= 0.6 is 0 Å². The maximum Gasteiger partial charge on any atom is 0.262 e. The average molecular weight is 593 g/mol. The van der Waals surface area contributed by atoms with Crippen molar-refractivity contribution in [3.63, 3.8) is 0 Å². The molecule has 1 aliphatic rings. The zero-order valence-corrected chi connectivity index (χ0v) is 27.8. The van der Waals surface area contributed by atoms with Crippen LogP contribution in [0.1, 0.15) is 41.5 Å². The molecule has 4 aromatic rings. The van der Waals surface area contributed by atoms with E-state index < -0.39 is 16.6 Å². The van der Waals surface area contributed by atoms with Crippen LogP contribution in [-0.4, -0.2) is 35.4 Å².